The van der Waals surface area contributed by atoms with Gasteiger partial charge in [-0.2, -0.15) is 0 Å². The van der Waals surface area contributed by atoms with E-state index in [4.69, 9.17) is 0 Å². The van der Waals surface area contributed by atoms with Crippen molar-refractivity contribution in [2.75, 3.05) is 13.1 Å². The van der Waals surface area contributed by atoms with Crippen LogP contribution < -0.4 is 5.32 Å². The van der Waals surface area contributed by atoms with E-state index in [-0.39, 0.29) is 0 Å². The third kappa shape index (κ3) is 2.81. The maximum absolute atomic E-state index is 12.1. The van der Waals surface area contributed by atoms with Gasteiger partial charge in [0.2, 0.25) is 0 Å². The van der Waals surface area contributed by atoms with Crippen LogP contribution in [-0.2, 0) is 4.79 Å². The van der Waals surface area contributed by atoms with E-state index < -0.39 is 0 Å². The minimum absolute atomic E-state index is 0.354. The van der Waals surface area contributed by atoms with Crippen molar-refractivity contribution in [3.8, 4) is 0 Å². The summed E-state index contributed by atoms with van der Waals surface area (Å²) in [6.45, 7) is 4.27. The standard InChI is InChI=1S/C13H23NO/c1-10-9-14-7-6-12(10)13(15)8-11-4-2-3-5-11/h10-12,14H,2-9H2,1H3. The SMILES string of the molecule is CC1CNCCC1C(=O)CC1CCCC1. The predicted molar refractivity (Wildman–Crippen MR) is 61.7 cm³/mol. The van der Waals surface area contributed by atoms with E-state index in [1.54, 1.807) is 0 Å². The highest BCUT2D eigenvalue weighted by atomic mass is 16.1. The highest BCUT2D eigenvalue weighted by Gasteiger charge is 2.29. The number of hydrogen-bond donors (Lipinski definition) is 1. The summed E-state index contributed by atoms with van der Waals surface area (Å²) in [6, 6.07) is 0. The molecule has 2 heteroatoms. The molecule has 86 valence electrons. The zero-order chi connectivity index (χ0) is 10.7. The molecule has 0 aromatic rings. The van der Waals surface area contributed by atoms with Crippen LogP contribution in [0.25, 0.3) is 0 Å². The normalized spacial score (nSPS) is 33.1. The van der Waals surface area contributed by atoms with Crippen LogP contribution in [0.1, 0.15) is 45.4 Å². The Labute approximate surface area is 92.8 Å². The lowest BCUT2D eigenvalue weighted by Crippen LogP contribution is -2.39. The summed E-state index contributed by atoms with van der Waals surface area (Å²) in [5.74, 6) is 2.18. The number of rotatable bonds is 3. The Kier molecular flexibility index (Phi) is 3.79. The zero-order valence-corrected chi connectivity index (χ0v) is 9.80. The first-order valence-electron chi connectivity index (χ1n) is 6.51. The fraction of sp³-hybridized carbons (Fsp3) is 0.923. The molecule has 1 aliphatic heterocycles. The predicted octanol–water partition coefficient (Wildman–Crippen LogP) is 2.38. The highest BCUT2D eigenvalue weighted by molar-refractivity contribution is 5.81. The summed E-state index contributed by atoms with van der Waals surface area (Å²) < 4.78 is 0. The molecule has 1 N–H and O–H groups in total. The molecule has 0 aromatic heterocycles. The lowest BCUT2D eigenvalue weighted by Gasteiger charge is -2.29. The van der Waals surface area contributed by atoms with Crippen LogP contribution in [0, 0.1) is 17.8 Å². The third-order valence-electron chi connectivity index (χ3n) is 4.16. The van der Waals surface area contributed by atoms with E-state index in [9.17, 15) is 4.79 Å². The Bertz CT molecular complexity index is 221. The van der Waals surface area contributed by atoms with Crippen molar-refractivity contribution in [1.29, 1.82) is 0 Å². The van der Waals surface area contributed by atoms with Crippen LogP contribution in [-0.4, -0.2) is 18.9 Å². The summed E-state index contributed by atoms with van der Waals surface area (Å²) in [4.78, 5) is 12.1. The van der Waals surface area contributed by atoms with Gasteiger partial charge in [0.1, 0.15) is 5.78 Å². The Morgan fingerprint density at radius 2 is 2.00 bits per heavy atom. The second-order valence-electron chi connectivity index (χ2n) is 5.40. The van der Waals surface area contributed by atoms with Crippen molar-refractivity contribution in [3.63, 3.8) is 0 Å². The molecule has 1 heterocycles. The van der Waals surface area contributed by atoms with Crippen molar-refractivity contribution in [3.05, 3.63) is 0 Å². The number of Topliss-reactive ketones (excluding diaryl/α,β-unsaturated/α-hetero) is 1. The summed E-state index contributed by atoms with van der Waals surface area (Å²) in [7, 11) is 0. The maximum atomic E-state index is 12.1. The third-order valence-corrected chi connectivity index (χ3v) is 4.16. The fourth-order valence-corrected chi connectivity index (χ4v) is 3.14. The van der Waals surface area contributed by atoms with Crippen molar-refractivity contribution in [2.45, 2.75) is 45.4 Å². The van der Waals surface area contributed by atoms with E-state index in [2.05, 4.69) is 12.2 Å². The first-order chi connectivity index (χ1) is 7.27. The first kappa shape index (κ1) is 11.1. The quantitative estimate of drug-likeness (QED) is 0.773. The Morgan fingerprint density at radius 1 is 1.27 bits per heavy atom. The molecule has 1 saturated carbocycles. The van der Waals surface area contributed by atoms with E-state index in [1.807, 2.05) is 0 Å². The molecular formula is C13H23NO. The second-order valence-corrected chi connectivity index (χ2v) is 5.40. The molecule has 1 aliphatic carbocycles. The van der Waals surface area contributed by atoms with Gasteiger partial charge in [0.05, 0.1) is 0 Å². The number of carbonyl (C=O) groups is 1. The molecular weight excluding hydrogens is 186 g/mol. The van der Waals surface area contributed by atoms with Gasteiger partial charge < -0.3 is 5.32 Å². The maximum Gasteiger partial charge on any atom is 0.136 e. The van der Waals surface area contributed by atoms with Crippen molar-refractivity contribution in [2.24, 2.45) is 17.8 Å². The number of hydrogen-bond acceptors (Lipinski definition) is 2. The molecule has 0 spiro atoms. The average Bonchev–Trinajstić information content (AvgIpc) is 2.71. The van der Waals surface area contributed by atoms with Crippen LogP contribution in [0.4, 0.5) is 0 Å². The number of piperidine rings is 1. The lowest BCUT2D eigenvalue weighted by molar-refractivity contribution is -0.126. The highest BCUT2D eigenvalue weighted by Crippen LogP contribution is 2.30. The van der Waals surface area contributed by atoms with Gasteiger partial charge in [-0.25, -0.2) is 0 Å². The van der Waals surface area contributed by atoms with Crippen LogP contribution in [0.5, 0.6) is 0 Å². The molecule has 2 nitrogen and oxygen atoms in total. The van der Waals surface area contributed by atoms with Crippen LogP contribution in [0.2, 0.25) is 0 Å². The number of ketones is 1. The van der Waals surface area contributed by atoms with Crippen molar-refractivity contribution in [1.82, 2.24) is 5.32 Å². The summed E-state index contributed by atoms with van der Waals surface area (Å²) in [6.07, 6.45) is 7.22. The molecule has 2 unspecified atom stereocenters. The molecule has 2 aliphatic rings. The van der Waals surface area contributed by atoms with E-state index in [1.165, 1.54) is 25.7 Å². The summed E-state index contributed by atoms with van der Waals surface area (Å²) in [5, 5.41) is 3.36. The van der Waals surface area contributed by atoms with Crippen molar-refractivity contribution < 1.29 is 4.79 Å². The average molecular weight is 209 g/mol. The lowest BCUT2D eigenvalue weighted by atomic mass is 9.81. The van der Waals surface area contributed by atoms with Gasteiger partial charge in [0.15, 0.2) is 0 Å². The summed E-state index contributed by atoms with van der Waals surface area (Å²) >= 11 is 0. The van der Waals surface area contributed by atoms with Gasteiger partial charge in [0.25, 0.3) is 0 Å². The van der Waals surface area contributed by atoms with E-state index in [0.29, 0.717) is 17.6 Å². The topological polar surface area (TPSA) is 29.1 Å². The first-order valence-corrected chi connectivity index (χ1v) is 6.51. The van der Waals surface area contributed by atoms with Gasteiger partial charge in [-0.3, -0.25) is 4.79 Å². The van der Waals surface area contributed by atoms with Gasteiger partial charge >= 0.3 is 0 Å². The van der Waals surface area contributed by atoms with E-state index >= 15 is 0 Å². The molecule has 0 bridgehead atoms. The fourth-order valence-electron chi connectivity index (χ4n) is 3.14. The molecule has 15 heavy (non-hydrogen) atoms. The van der Waals surface area contributed by atoms with Gasteiger partial charge in [-0.1, -0.05) is 32.6 Å². The Balaban J connectivity index is 1.83. The van der Waals surface area contributed by atoms with Crippen molar-refractivity contribution >= 4 is 5.78 Å². The molecule has 2 fully saturated rings. The van der Waals surface area contributed by atoms with E-state index in [0.717, 1.165) is 31.8 Å². The molecule has 2 rings (SSSR count). The monoisotopic (exact) mass is 209 g/mol. The molecule has 0 radical (unpaired) electrons. The van der Waals surface area contributed by atoms with Gasteiger partial charge in [-0.15, -0.1) is 0 Å². The largest absolute Gasteiger partial charge is 0.316 e. The number of carbonyl (C=O) groups excluding carboxylic acids is 1. The van der Waals surface area contributed by atoms with Crippen LogP contribution in [0.15, 0.2) is 0 Å². The molecule has 0 amide bonds. The molecule has 2 atom stereocenters. The smallest absolute Gasteiger partial charge is 0.136 e. The molecule has 1 saturated heterocycles. The molecule has 0 aromatic carbocycles. The van der Waals surface area contributed by atoms with Gasteiger partial charge in [-0.05, 0) is 31.3 Å². The van der Waals surface area contributed by atoms with Crippen LogP contribution in [0.3, 0.4) is 0 Å². The summed E-state index contributed by atoms with van der Waals surface area (Å²) in [5.41, 5.74) is 0. The Hall–Kier alpha value is -0.370. The second kappa shape index (κ2) is 5.11. The minimum Gasteiger partial charge on any atom is -0.316 e. The van der Waals surface area contributed by atoms with Gasteiger partial charge in [0, 0.05) is 12.3 Å². The number of nitrogens with one attached hydrogen (secondary N) is 1. The Morgan fingerprint density at radius 3 is 2.67 bits per heavy atom. The van der Waals surface area contributed by atoms with Crippen LogP contribution >= 0.6 is 0 Å². The zero-order valence-electron chi connectivity index (χ0n) is 9.80. The minimum atomic E-state index is 0.354.